The van der Waals surface area contributed by atoms with Crippen molar-refractivity contribution in [3.8, 4) is 0 Å². The molecule has 0 aliphatic carbocycles. The maximum Gasteiger partial charge on any atom is 0.0666 e. The van der Waals surface area contributed by atoms with Gasteiger partial charge in [-0.15, -0.1) is 0 Å². The van der Waals surface area contributed by atoms with Gasteiger partial charge in [0.25, 0.3) is 0 Å². The standard InChI is InChI=1S/C13H23N3O/c1-4-13-12(7-15(3)14-13)9-16-6-5-11(8-16)10(2)17/h7,10-11,17H,4-6,8-9H2,1-3H3. The summed E-state index contributed by atoms with van der Waals surface area (Å²) in [6.45, 7) is 7.12. The fourth-order valence-corrected chi connectivity index (χ4v) is 2.65. The van der Waals surface area contributed by atoms with Crippen molar-refractivity contribution in [1.29, 1.82) is 0 Å². The molecule has 0 aromatic carbocycles. The van der Waals surface area contributed by atoms with Crippen molar-refractivity contribution in [3.05, 3.63) is 17.5 Å². The van der Waals surface area contributed by atoms with Crippen molar-refractivity contribution in [3.63, 3.8) is 0 Å². The lowest BCUT2D eigenvalue weighted by atomic mass is 10.0. The first-order chi connectivity index (χ1) is 8.10. The van der Waals surface area contributed by atoms with Crippen LogP contribution >= 0.6 is 0 Å². The first kappa shape index (κ1) is 12.6. The number of nitrogens with zero attached hydrogens (tertiary/aromatic N) is 3. The number of hydrogen-bond acceptors (Lipinski definition) is 3. The first-order valence-electron chi connectivity index (χ1n) is 6.52. The summed E-state index contributed by atoms with van der Waals surface area (Å²) in [6.07, 6.45) is 4.04. The third kappa shape index (κ3) is 2.87. The minimum atomic E-state index is -0.181. The summed E-state index contributed by atoms with van der Waals surface area (Å²) in [5.41, 5.74) is 2.54. The molecule has 1 fully saturated rings. The summed E-state index contributed by atoms with van der Waals surface area (Å²) in [5.74, 6) is 0.441. The Labute approximate surface area is 103 Å². The number of hydrogen-bond donors (Lipinski definition) is 1. The number of rotatable bonds is 4. The maximum atomic E-state index is 9.60. The molecule has 0 radical (unpaired) electrons. The van der Waals surface area contributed by atoms with E-state index < -0.39 is 0 Å². The Bertz CT molecular complexity index is 373. The van der Waals surface area contributed by atoms with Crippen LogP contribution in [-0.2, 0) is 20.0 Å². The van der Waals surface area contributed by atoms with E-state index >= 15 is 0 Å². The van der Waals surface area contributed by atoms with Gasteiger partial charge in [-0.1, -0.05) is 6.92 Å². The molecule has 0 bridgehead atoms. The van der Waals surface area contributed by atoms with Gasteiger partial charge in [-0.05, 0) is 32.2 Å². The zero-order valence-corrected chi connectivity index (χ0v) is 11.1. The average molecular weight is 237 g/mol. The molecule has 2 rings (SSSR count). The summed E-state index contributed by atoms with van der Waals surface area (Å²) in [6, 6.07) is 0. The van der Waals surface area contributed by atoms with Gasteiger partial charge >= 0.3 is 0 Å². The quantitative estimate of drug-likeness (QED) is 0.855. The van der Waals surface area contributed by atoms with Gasteiger partial charge in [-0.2, -0.15) is 5.10 Å². The molecule has 1 aliphatic rings. The van der Waals surface area contributed by atoms with E-state index in [1.165, 1.54) is 11.3 Å². The van der Waals surface area contributed by atoms with E-state index in [4.69, 9.17) is 0 Å². The molecule has 0 spiro atoms. The van der Waals surface area contributed by atoms with Gasteiger partial charge in [-0.3, -0.25) is 9.58 Å². The minimum Gasteiger partial charge on any atom is -0.393 e. The van der Waals surface area contributed by atoms with Crippen molar-refractivity contribution < 1.29 is 5.11 Å². The number of aliphatic hydroxyl groups is 1. The van der Waals surface area contributed by atoms with Crippen molar-refractivity contribution in [2.45, 2.75) is 39.3 Å². The average Bonchev–Trinajstić information content (AvgIpc) is 2.86. The van der Waals surface area contributed by atoms with E-state index in [0.717, 1.165) is 32.5 Å². The van der Waals surface area contributed by atoms with Crippen LogP contribution in [0.3, 0.4) is 0 Å². The lowest BCUT2D eigenvalue weighted by molar-refractivity contribution is 0.127. The van der Waals surface area contributed by atoms with Crippen LogP contribution in [0.25, 0.3) is 0 Å². The van der Waals surface area contributed by atoms with E-state index in [9.17, 15) is 5.11 Å². The Balaban J connectivity index is 1.97. The van der Waals surface area contributed by atoms with Crippen LogP contribution in [0.5, 0.6) is 0 Å². The van der Waals surface area contributed by atoms with Gasteiger partial charge in [0.1, 0.15) is 0 Å². The van der Waals surface area contributed by atoms with Gasteiger partial charge in [0.2, 0.25) is 0 Å². The second kappa shape index (κ2) is 5.19. The SMILES string of the molecule is CCc1nn(C)cc1CN1CCC(C(C)O)C1. The topological polar surface area (TPSA) is 41.3 Å². The number of aromatic nitrogens is 2. The Kier molecular flexibility index (Phi) is 3.84. The summed E-state index contributed by atoms with van der Waals surface area (Å²) < 4.78 is 1.90. The van der Waals surface area contributed by atoms with Crippen molar-refractivity contribution in [2.24, 2.45) is 13.0 Å². The molecule has 17 heavy (non-hydrogen) atoms. The van der Waals surface area contributed by atoms with Crippen molar-refractivity contribution in [2.75, 3.05) is 13.1 Å². The summed E-state index contributed by atoms with van der Waals surface area (Å²) in [7, 11) is 1.98. The number of likely N-dealkylation sites (tertiary alicyclic amines) is 1. The zero-order chi connectivity index (χ0) is 12.4. The van der Waals surface area contributed by atoms with Crippen LogP contribution in [0.4, 0.5) is 0 Å². The second-order valence-corrected chi connectivity index (χ2v) is 5.15. The molecule has 4 heteroatoms. The predicted octanol–water partition coefficient (Wildman–Crippen LogP) is 1.19. The second-order valence-electron chi connectivity index (χ2n) is 5.15. The number of aliphatic hydroxyl groups excluding tert-OH is 1. The molecule has 96 valence electrons. The Morgan fingerprint density at radius 3 is 2.94 bits per heavy atom. The van der Waals surface area contributed by atoms with Crippen molar-refractivity contribution >= 4 is 0 Å². The largest absolute Gasteiger partial charge is 0.393 e. The van der Waals surface area contributed by atoms with Crippen molar-refractivity contribution in [1.82, 2.24) is 14.7 Å². The molecule has 2 atom stereocenters. The van der Waals surface area contributed by atoms with E-state index in [-0.39, 0.29) is 6.10 Å². The molecule has 1 aromatic rings. The van der Waals surface area contributed by atoms with Crippen LogP contribution in [-0.4, -0.2) is 39.0 Å². The Morgan fingerprint density at radius 1 is 1.59 bits per heavy atom. The highest BCUT2D eigenvalue weighted by atomic mass is 16.3. The molecular formula is C13H23N3O. The summed E-state index contributed by atoms with van der Waals surface area (Å²) in [5, 5.41) is 14.1. The fourth-order valence-electron chi connectivity index (χ4n) is 2.65. The molecule has 4 nitrogen and oxygen atoms in total. The van der Waals surface area contributed by atoms with E-state index in [1.54, 1.807) is 0 Å². The lowest BCUT2D eigenvalue weighted by Crippen LogP contribution is -2.24. The molecular weight excluding hydrogens is 214 g/mol. The van der Waals surface area contributed by atoms with E-state index in [1.807, 2.05) is 18.7 Å². The number of aryl methyl sites for hydroxylation is 2. The third-order valence-corrected chi connectivity index (χ3v) is 3.71. The van der Waals surface area contributed by atoms with Gasteiger partial charge in [0, 0.05) is 31.9 Å². The molecule has 1 aliphatic heterocycles. The van der Waals surface area contributed by atoms with Crippen LogP contribution in [0.1, 0.15) is 31.5 Å². The smallest absolute Gasteiger partial charge is 0.0666 e. The van der Waals surface area contributed by atoms with E-state index in [2.05, 4.69) is 23.1 Å². The van der Waals surface area contributed by atoms with Crippen LogP contribution in [0.2, 0.25) is 0 Å². The zero-order valence-electron chi connectivity index (χ0n) is 11.1. The molecule has 2 unspecified atom stereocenters. The molecule has 2 heterocycles. The monoisotopic (exact) mass is 237 g/mol. The molecule has 1 aromatic heterocycles. The van der Waals surface area contributed by atoms with Gasteiger partial charge in [0.15, 0.2) is 0 Å². The lowest BCUT2D eigenvalue weighted by Gasteiger charge is -2.17. The summed E-state index contributed by atoms with van der Waals surface area (Å²) >= 11 is 0. The molecule has 1 saturated heterocycles. The predicted molar refractivity (Wildman–Crippen MR) is 67.7 cm³/mol. The molecule has 0 saturated carbocycles. The third-order valence-electron chi connectivity index (χ3n) is 3.71. The highest BCUT2D eigenvalue weighted by Gasteiger charge is 2.26. The molecule has 0 amide bonds. The van der Waals surface area contributed by atoms with Gasteiger partial charge in [0.05, 0.1) is 11.8 Å². The van der Waals surface area contributed by atoms with E-state index in [0.29, 0.717) is 5.92 Å². The highest BCUT2D eigenvalue weighted by molar-refractivity contribution is 5.17. The Morgan fingerprint density at radius 2 is 2.35 bits per heavy atom. The normalized spacial score (nSPS) is 23.2. The Hall–Kier alpha value is -0.870. The van der Waals surface area contributed by atoms with Gasteiger partial charge in [-0.25, -0.2) is 0 Å². The van der Waals surface area contributed by atoms with Crippen LogP contribution < -0.4 is 0 Å². The fraction of sp³-hybridized carbons (Fsp3) is 0.769. The first-order valence-corrected chi connectivity index (χ1v) is 6.52. The van der Waals surface area contributed by atoms with Gasteiger partial charge < -0.3 is 5.11 Å². The molecule has 1 N–H and O–H groups in total. The maximum absolute atomic E-state index is 9.60. The summed E-state index contributed by atoms with van der Waals surface area (Å²) in [4.78, 5) is 2.42. The van der Waals surface area contributed by atoms with Crippen LogP contribution in [0.15, 0.2) is 6.20 Å². The van der Waals surface area contributed by atoms with Crippen LogP contribution in [0, 0.1) is 5.92 Å². The highest BCUT2D eigenvalue weighted by Crippen LogP contribution is 2.22. The minimum absolute atomic E-state index is 0.181.